The largest absolute Gasteiger partial charge is 4.00 e. The first-order chi connectivity index (χ1) is 9.67. The first-order valence-electron chi connectivity index (χ1n) is 8.22. The van der Waals surface area contributed by atoms with Crippen LogP contribution in [0.25, 0.3) is 0 Å². The molecule has 0 nitrogen and oxygen atoms in total. The maximum atomic E-state index is 3.36. The Morgan fingerprint density at radius 2 is 0.875 bits per heavy atom. The molecule has 24 heavy (non-hydrogen) atoms. The molecule has 2 atom stereocenters. The average molecular weight is 465 g/mol. The molecular formula is C20H34Cl2SiZr. The van der Waals surface area contributed by atoms with Gasteiger partial charge in [-0.3, -0.25) is 12.2 Å². The molecule has 0 aromatic carbocycles. The average Bonchev–Trinajstić information content (AvgIpc) is 2.77. The van der Waals surface area contributed by atoms with E-state index in [2.05, 4.69) is 80.6 Å². The first-order valence-corrected chi connectivity index (χ1v) is 11.1. The second kappa shape index (κ2) is 15.9. The van der Waals surface area contributed by atoms with E-state index in [1.165, 1.54) is 33.4 Å². The van der Waals surface area contributed by atoms with Gasteiger partial charge in [-0.2, -0.15) is 22.3 Å². The second-order valence-corrected chi connectivity index (χ2v) is 7.72. The van der Waals surface area contributed by atoms with Crippen LogP contribution in [0.15, 0.2) is 33.4 Å². The molecule has 136 valence electrons. The first kappa shape index (κ1) is 32.3. The molecule has 4 heteroatoms. The molecule has 0 fully saturated rings. The number of allylic oxidation sites excluding steroid dienone is 8. The molecule has 0 radical (unpaired) electrons. The zero-order chi connectivity index (χ0) is 16.7. The Morgan fingerprint density at radius 1 is 0.667 bits per heavy atom. The Kier molecular flexibility index (Phi) is 21.4. The van der Waals surface area contributed by atoms with Gasteiger partial charge in [0.2, 0.25) is 0 Å². The Morgan fingerprint density at radius 3 is 0.917 bits per heavy atom. The molecule has 0 saturated carbocycles. The molecule has 2 aliphatic rings. The van der Waals surface area contributed by atoms with Crippen LogP contribution in [0.4, 0.5) is 0 Å². The summed E-state index contributed by atoms with van der Waals surface area (Å²) in [5, 5.41) is 0. The van der Waals surface area contributed by atoms with E-state index in [9.17, 15) is 0 Å². The Labute approximate surface area is 185 Å². The summed E-state index contributed by atoms with van der Waals surface area (Å²) in [6, 6.07) is 0. The van der Waals surface area contributed by atoms with Crippen LogP contribution in [-0.2, 0) is 26.2 Å². The summed E-state index contributed by atoms with van der Waals surface area (Å²) >= 11 is 0. The van der Waals surface area contributed by atoms with Crippen LogP contribution >= 0.6 is 0 Å². The minimum atomic E-state index is 0. The van der Waals surface area contributed by atoms with Gasteiger partial charge in [-0.1, -0.05) is 66.5 Å². The van der Waals surface area contributed by atoms with Crippen molar-refractivity contribution in [3.8, 4) is 0 Å². The predicted molar refractivity (Wildman–Crippen MR) is 100 cm³/mol. The van der Waals surface area contributed by atoms with Crippen molar-refractivity contribution in [3.05, 3.63) is 45.6 Å². The molecule has 0 N–H and O–H groups in total. The van der Waals surface area contributed by atoms with Gasteiger partial charge < -0.3 is 24.8 Å². The van der Waals surface area contributed by atoms with Gasteiger partial charge in [-0.15, -0.1) is 13.8 Å². The van der Waals surface area contributed by atoms with Crippen LogP contribution in [0, 0.1) is 24.0 Å². The van der Waals surface area contributed by atoms with Crippen molar-refractivity contribution in [2.45, 2.75) is 68.5 Å². The zero-order valence-electron chi connectivity index (χ0n) is 17.1. The summed E-state index contributed by atoms with van der Waals surface area (Å²) in [7, 11) is 0.417. The van der Waals surface area contributed by atoms with Crippen LogP contribution in [0.5, 0.6) is 0 Å². The van der Waals surface area contributed by atoms with Crippen LogP contribution in [-0.4, -0.2) is 9.52 Å². The minimum absolute atomic E-state index is 0. The van der Waals surface area contributed by atoms with Crippen molar-refractivity contribution >= 4 is 9.52 Å². The normalized spacial score (nSPS) is 21.1. The fourth-order valence-electron chi connectivity index (χ4n) is 2.32. The summed E-state index contributed by atoms with van der Waals surface area (Å²) < 4.78 is 0. The maximum absolute atomic E-state index is 3.36. The van der Waals surface area contributed by atoms with Crippen LogP contribution in [0.3, 0.4) is 0 Å². The summed E-state index contributed by atoms with van der Waals surface area (Å²) in [4.78, 5) is 0. The van der Waals surface area contributed by atoms with E-state index in [0.29, 0.717) is 21.4 Å². The van der Waals surface area contributed by atoms with Gasteiger partial charge in [0.1, 0.15) is 0 Å². The third kappa shape index (κ3) is 9.95. The summed E-state index contributed by atoms with van der Waals surface area (Å²) in [5.74, 6) is 1.12. The number of hydrogen-bond donors (Lipinski definition) is 0. The zero-order valence-corrected chi connectivity index (χ0v) is 22.5. The van der Waals surface area contributed by atoms with Crippen molar-refractivity contribution < 1.29 is 51.0 Å². The topological polar surface area (TPSA) is 0 Å². The molecule has 0 spiro atoms. The molecule has 0 saturated heterocycles. The molecular weight excluding hydrogens is 430 g/mol. The van der Waals surface area contributed by atoms with Gasteiger partial charge in [0.15, 0.2) is 0 Å². The molecule has 2 unspecified atom stereocenters. The molecule has 2 aliphatic carbocycles. The predicted octanol–water partition coefficient (Wildman–Crippen LogP) is -0.299. The van der Waals surface area contributed by atoms with Gasteiger partial charge in [-0.05, 0) is 0 Å². The Balaban J connectivity index is -0.000000130. The summed E-state index contributed by atoms with van der Waals surface area (Å²) in [6.07, 6.45) is 6.72. The SMILES string of the molecule is CC1=[C-]C(C)C(C)=C1C.CC1=[C-]C(C)C(C)=C1C.C[SiH2]C.[Cl-].[Cl-].[Zr+4]. The van der Waals surface area contributed by atoms with E-state index in [1.54, 1.807) is 0 Å². The number of rotatable bonds is 0. The van der Waals surface area contributed by atoms with E-state index in [0.717, 1.165) is 0 Å². The van der Waals surface area contributed by atoms with E-state index in [1.807, 2.05) is 0 Å². The van der Waals surface area contributed by atoms with Crippen molar-refractivity contribution in [1.82, 2.24) is 0 Å². The van der Waals surface area contributed by atoms with Gasteiger partial charge in [-0.25, -0.2) is 11.1 Å². The molecule has 0 heterocycles. The van der Waals surface area contributed by atoms with Crippen LogP contribution in [0.2, 0.25) is 13.1 Å². The smallest absolute Gasteiger partial charge is 1.00 e. The fourth-order valence-corrected chi connectivity index (χ4v) is 2.32. The van der Waals surface area contributed by atoms with Crippen LogP contribution < -0.4 is 24.8 Å². The van der Waals surface area contributed by atoms with Crippen molar-refractivity contribution in [3.63, 3.8) is 0 Å². The molecule has 0 amide bonds. The monoisotopic (exact) mass is 462 g/mol. The van der Waals surface area contributed by atoms with Crippen LogP contribution in [0.1, 0.15) is 55.4 Å². The third-order valence-corrected chi connectivity index (χ3v) is 4.47. The van der Waals surface area contributed by atoms with Crippen molar-refractivity contribution in [2.75, 3.05) is 0 Å². The van der Waals surface area contributed by atoms with Gasteiger partial charge in [0.25, 0.3) is 0 Å². The van der Waals surface area contributed by atoms with E-state index >= 15 is 0 Å². The molecule has 0 aromatic heterocycles. The third-order valence-electron chi connectivity index (χ3n) is 4.47. The Bertz CT molecular complexity index is 444. The maximum Gasteiger partial charge on any atom is 4.00 e. The van der Waals surface area contributed by atoms with E-state index in [-0.39, 0.29) is 51.0 Å². The van der Waals surface area contributed by atoms with Gasteiger partial charge >= 0.3 is 26.2 Å². The number of hydrogen-bond acceptors (Lipinski definition) is 0. The van der Waals surface area contributed by atoms with E-state index < -0.39 is 0 Å². The second-order valence-electron chi connectivity index (χ2n) is 6.31. The van der Waals surface area contributed by atoms with Crippen molar-refractivity contribution in [2.24, 2.45) is 11.8 Å². The van der Waals surface area contributed by atoms with Gasteiger partial charge in [0, 0.05) is 9.52 Å². The minimum Gasteiger partial charge on any atom is -1.00 e. The van der Waals surface area contributed by atoms with Gasteiger partial charge in [0.05, 0.1) is 0 Å². The fraction of sp³-hybridized carbons (Fsp3) is 0.600. The number of halogens is 2. The van der Waals surface area contributed by atoms with Crippen molar-refractivity contribution in [1.29, 1.82) is 0 Å². The quantitative estimate of drug-likeness (QED) is 0.341. The molecule has 2 rings (SSSR count). The summed E-state index contributed by atoms with van der Waals surface area (Å²) in [5.41, 5.74) is 8.49. The molecule has 0 aliphatic heterocycles. The standard InChI is InChI=1S/2C9H13.C2H8Si.2ClH.Zr/c2*1-6-5-7(2)9(4)8(6)3;1-3-2;;;/h2*6H,1-4H3;3H2,1-2H3;2*1H;/q2*-1;;;;+4/p-2. The Hall–Kier alpha value is 0.640. The summed E-state index contributed by atoms with van der Waals surface area (Å²) in [6.45, 7) is 21.9. The molecule has 0 bridgehead atoms. The molecule has 0 aromatic rings. The van der Waals surface area contributed by atoms with E-state index in [4.69, 9.17) is 0 Å².